The van der Waals surface area contributed by atoms with Crippen LogP contribution in [0, 0.1) is 17.0 Å². The van der Waals surface area contributed by atoms with Gasteiger partial charge in [-0.05, 0) is 24.0 Å². The fourth-order valence-corrected chi connectivity index (χ4v) is 2.10. The molecule has 1 aromatic carbocycles. The molecular weight excluding hydrogens is 224 g/mol. The monoisotopic (exact) mass is 239 g/mol. The third kappa shape index (κ3) is 2.30. The Kier molecular flexibility index (Phi) is 2.89. The number of nitrogens with zero attached hydrogens (tertiary/aromatic N) is 1. The van der Waals surface area contributed by atoms with Crippen LogP contribution in [0.5, 0.6) is 0 Å². The van der Waals surface area contributed by atoms with Crippen LogP contribution in [0.1, 0.15) is 26.7 Å². The van der Waals surface area contributed by atoms with Gasteiger partial charge in [-0.2, -0.15) is 0 Å². The highest BCUT2D eigenvalue weighted by atomic mass is 19.2. The van der Waals surface area contributed by atoms with Crippen molar-refractivity contribution in [3.05, 3.63) is 29.8 Å². The van der Waals surface area contributed by atoms with E-state index in [0.717, 1.165) is 12.5 Å². The fourth-order valence-electron chi connectivity index (χ4n) is 2.10. The average molecular weight is 239 g/mol. The van der Waals surface area contributed by atoms with Gasteiger partial charge >= 0.3 is 0 Å². The molecule has 0 aromatic heterocycles. The van der Waals surface area contributed by atoms with Crippen molar-refractivity contribution in [2.75, 3.05) is 11.4 Å². The van der Waals surface area contributed by atoms with Crippen LogP contribution in [0.25, 0.3) is 0 Å². The fraction of sp³-hybridized carbons (Fsp3) is 0.462. The van der Waals surface area contributed by atoms with Crippen LogP contribution in [0.2, 0.25) is 0 Å². The van der Waals surface area contributed by atoms with Crippen LogP contribution in [0.3, 0.4) is 0 Å². The van der Waals surface area contributed by atoms with Crippen LogP contribution in [-0.4, -0.2) is 12.5 Å². The van der Waals surface area contributed by atoms with Crippen molar-refractivity contribution in [3.63, 3.8) is 0 Å². The molecule has 1 saturated heterocycles. The summed E-state index contributed by atoms with van der Waals surface area (Å²) in [5, 5.41) is 0. The average Bonchev–Trinajstić information content (AvgIpc) is 2.26. The molecule has 0 bridgehead atoms. The zero-order chi connectivity index (χ0) is 12.6. The van der Waals surface area contributed by atoms with Crippen molar-refractivity contribution in [1.29, 1.82) is 0 Å². The number of amides is 1. The molecule has 2 nitrogen and oxygen atoms in total. The second-order valence-corrected chi connectivity index (χ2v) is 5.22. The molecule has 17 heavy (non-hydrogen) atoms. The maximum absolute atomic E-state index is 13.6. The number of anilines is 1. The van der Waals surface area contributed by atoms with Gasteiger partial charge in [0.25, 0.3) is 0 Å². The summed E-state index contributed by atoms with van der Waals surface area (Å²) >= 11 is 0. The summed E-state index contributed by atoms with van der Waals surface area (Å²) in [6.07, 6.45) is 1.15. The molecule has 1 heterocycles. The molecule has 0 unspecified atom stereocenters. The SMILES string of the molecule is CC1(C)CCC(=O)N(c2cccc(F)c2F)C1. The van der Waals surface area contributed by atoms with Crippen molar-refractivity contribution in [2.24, 2.45) is 5.41 Å². The van der Waals surface area contributed by atoms with Gasteiger partial charge in [0.15, 0.2) is 11.6 Å². The van der Waals surface area contributed by atoms with Gasteiger partial charge in [0.1, 0.15) is 0 Å². The van der Waals surface area contributed by atoms with Crippen LogP contribution in [-0.2, 0) is 4.79 Å². The quantitative estimate of drug-likeness (QED) is 0.737. The summed E-state index contributed by atoms with van der Waals surface area (Å²) in [5.41, 5.74) is -0.0186. The second kappa shape index (κ2) is 4.09. The van der Waals surface area contributed by atoms with Gasteiger partial charge < -0.3 is 4.90 Å². The maximum Gasteiger partial charge on any atom is 0.227 e. The molecule has 1 aliphatic heterocycles. The minimum absolute atomic E-state index is 0.0442. The molecule has 0 saturated carbocycles. The molecule has 0 atom stereocenters. The number of carbonyl (C=O) groups is 1. The number of halogens is 2. The first-order valence-electron chi connectivity index (χ1n) is 5.65. The molecule has 0 radical (unpaired) electrons. The Morgan fingerprint density at radius 1 is 1.29 bits per heavy atom. The Bertz CT molecular complexity index is 457. The number of rotatable bonds is 1. The van der Waals surface area contributed by atoms with Crippen LogP contribution < -0.4 is 4.90 Å². The topological polar surface area (TPSA) is 20.3 Å². The predicted octanol–water partition coefficient (Wildman–Crippen LogP) is 3.12. The molecule has 92 valence electrons. The van der Waals surface area contributed by atoms with Crippen molar-refractivity contribution >= 4 is 11.6 Å². The van der Waals surface area contributed by atoms with E-state index >= 15 is 0 Å². The minimum Gasteiger partial charge on any atom is -0.309 e. The van der Waals surface area contributed by atoms with Gasteiger partial charge in [-0.25, -0.2) is 8.78 Å². The molecular formula is C13H15F2NO. The summed E-state index contributed by atoms with van der Waals surface area (Å²) in [5.74, 6) is -2.01. The van der Waals surface area contributed by atoms with Crippen LogP contribution >= 0.6 is 0 Å². The van der Waals surface area contributed by atoms with Crippen molar-refractivity contribution in [2.45, 2.75) is 26.7 Å². The Labute approximate surface area is 99.2 Å². The molecule has 0 N–H and O–H groups in total. The van der Waals surface area contributed by atoms with Crippen molar-refractivity contribution in [1.82, 2.24) is 0 Å². The molecule has 2 rings (SSSR count). The zero-order valence-electron chi connectivity index (χ0n) is 9.96. The normalized spacial score (nSPS) is 19.5. The van der Waals surface area contributed by atoms with Gasteiger partial charge in [0.05, 0.1) is 5.69 Å². The highest BCUT2D eigenvalue weighted by Crippen LogP contribution is 2.33. The highest BCUT2D eigenvalue weighted by molar-refractivity contribution is 5.94. The maximum atomic E-state index is 13.6. The lowest BCUT2D eigenvalue weighted by atomic mass is 9.83. The highest BCUT2D eigenvalue weighted by Gasteiger charge is 2.33. The lowest BCUT2D eigenvalue weighted by molar-refractivity contribution is -0.121. The lowest BCUT2D eigenvalue weighted by Gasteiger charge is -2.37. The molecule has 1 fully saturated rings. The number of hydrogen-bond acceptors (Lipinski definition) is 1. The van der Waals surface area contributed by atoms with Gasteiger partial charge in [0, 0.05) is 13.0 Å². The molecule has 1 amide bonds. The minimum atomic E-state index is -0.946. The van der Waals surface area contributed by atoms with E-state index in [1.807, 2.05) is 13.8 Å². The zero-order valence-corrected chi connectivity index (χ0v) is 9.96. The molecule has 0 spiro atoms. The lowest BCUT2D eigenvalue weighted by Crippen LogP contribution is -2.44. The molecule has 0 aliphatic carbocycles. The largest absolute Gasteiger partial charge is 0.309 e. The first-order valence-corrected chi connectivity index (χ1v) is 5.65. The van der Waals surface area contributed by atoms with E-state index in [-0.39, 0.29) is 17.0 Å². The third-order valence-corrected chi connectivity index (χ3v) is 3.12. The number of carbonyl (C=O) groups excluding carboxylic acids is 1. The molecule has 1 aromatic rings. The Hall–Kier alpha value is -1.45. The van der Waals surface area contributed by atoms with E-state index in [0.29, 0.717) is 13.0 Å². The van der Waals surface area contributed by atoms with Crippen LogP contribution in [0.4, 0.5) is 14.5 Å². The summed E-state index contributed by atoms with van der Waals surface area (Å²) < 4.78 is 26.8. The van der Waals surface area contributed by atoms with Gasteiger partial charge in [-0.3, -0.25) is 4.79 Å². The van der Waals surface area contributed by atoms with Gasteiger partial charge in [0.2, 0.25) is 5.91 Å². The Morgan fingerprint density at radius 3 is 2.71 bits per heavy atom. The van der Waals surface area contributed by atoms with E-state index in [2.05, 4.69) is 0 Å². The van der Waals surface area contributed by atoms with E-state index < -0.39 is 11.6 Å². The number of piperidine rings is 1. The van der Waals surface area contributed by atoms with Crippen molar-refractivity contribution < 1.29 is 13.6 Å². The summed E-state index contributed by atoms with van der Waals surface area (Å²) in [4.78, 5) is 13.1. The second-order valence-electron chi connectivity index (χ2n) is 5.22. The first-order chi connectivity index (χ1) is 7.91. The molecule has 4 heteroatoms. The summed E-state index contributed by atoms with van der Waals surface area (Å²) in [6, 6.07) is 3.92. The number of benzene rings is 1. The summed E-state index contributed by atoms with van der Waals surface area (Å²) in [6.45, 7) is 4.46. The van der Waals surface area contributed by atoms with Crippen LogP contribution in [0.15, 0.2) is 18.2 Å². The van der Waals surface area contributed by atoms with Crippen molar-refractivity contribution in [3.8, 4) is 0 Å². The number of hydrogen-bond donors (Lipinski definition) is 0. The molecule has 1 aliphatic rings. The standard InChI is InChI=1S/C13H15F2NO/c1-13(2)7-6-11(17)16(8-13)10-5-3-4-9(14)12(10)15/h3-5H,6-8H2,1-2H3. The smallest absolute Gasteiger partial charge is 0.227 e. The van der Waals surface area contributed by atoms with Gasteiger partial charge in [-0.1, -0.05) is 19.9 Å². The van der Waals surface area contributed by atoms with E-state index in [1.54, 1.807) is 0 Å². The Morgan fingerprint density at radius 2 is 2.00 bits per heavy atom. The predicted molar refractivity (Wildman–Crippen MR) is 61.7 cm³/mol. The van der Waals surface area contributed by atoms with Gasteiger partial charge in [-0.15, -0.1) is 0 Å². The Balaban J connectivity index is 2.38. The third-order valence-electron chi connectivity index (χ3n) is 3.12. The van der Waals surface area contributed by atoms with E-state index in [9.17, 15) is 13.6 Å². The first kappa shape index (κ1) is 12.0. The van der Waals surface area contributed by atoms with E-state index in [1.165, 1.54) is 17.0 Å². The van der Waals surface area contributed by atoms with E-state index in [4.69, 9.17) is 0 Å². The summed E-state index contributed by atoms with van der Waals surface area (Å²) in [7, 11) is 0.